The summed E-state index contributed by atoms with van der Waals surface area (Å²) in [6, 6.07) is 11.7. The minimum absolute atomic E-state index is 0.0684. The summed E-state index contributed by atoms with van der Waals surface area (Å²) in [5.41, 5.74) is 2.44. The zero-order chi connectivity index (χ0) is 20.4. The first-order chi connectivity index (χ1) is 13.2. The van der Waals surface area contributed by atoms with Crippen molar-refractivity contribution in [1.82, 2.24) is 0 Å². The van der Waals surface area contributed by atoms with Gasteiger partial charge in [0.1, 0.15) is 0 Å². The summed E-state index contributed by atoms with van der Waals surface area (Å²) in [5, 5.41) is 0.539. The normalized spacial score (nSPS) is 14.6. The number of rotatable bonds is 7. The van der Waals surface area contributed by atoms with Crippen LogP contribution in [0.25, 0.3) is 0 Å². The number of sulfonamides is 2. The molecule has 0 fully saturated rings. The number of hydrogen-bond donors (Lipinski definition) is 1. The molecular weight excluding hydrogens is 420 g/mol. The molecule has 0 atom stereocenters. The van der Waals surface area contributed by atoms with Crippen molar-refractivity contribution in [2.24, 2.45) is 0 Å². The number of halogens is 1. The Labute approximate surface area is 171 Å². The minimum atomic E-state index is -3.65. The van der Waals surface area contributed by atoms with Gasteiger partial charge in [-0.3, -0.25) is 9.03 Å². The average molecular weight is 443 g/mol. The third-order valence-corrected chi connectivity index (χ3v) is 7.99. The van der Waals surface area contributed by atoms with Crippen LogP contribution in [0.2, 0.25) is 5.02 Å². The molecule has 0 bridgehead atoms. The molecular formula is C19H23ClN2O4S2. The van der Waals surface area contributed by atoms with Crippen LogP contribution in [0.15, 0.2) is 42.5 Å². The molecule has 0 spiro atoms. The fourth-order valence-electron chi connectivity index (χ4n) is 3.28. The van der Waals surface area contributed by atoms with Crippen LogP contribution < -0.4 is 9.03 Å². The molecule has 1 aliphatic rings. The summed E-state index contributed by atoms with van der Waals surface area (Å²) >= 11 is 5.83. The van der Waals surface area contributed by atoms with Crippen molar-refractivity contribution in [2.75, 3.05) is 21.3 Å². The van der Waals surface area contributed by atoms with Gasteiger partial charge < -0.3 is 0 Å². The second kappa shape index (κ2) is 8.31. The molecule has 0 amide bonds. The monoisotopic (exact) mass is 442 g/mol. The fraction of sp³-hybridized carbons (Fsp3) is 0.368. The van der Waals surface area contributed by atoms with E-state index in [-0.39, 0.29) is 11.5 Å². The van der Waals surface area contributed by atoms with Crippen molar-refractivity contribution in [3.63, 3.8) is 0 Å². The Morgan fingerprint density at radius 2 is 1.79 bits per heavy atom. The molecule has 2 aromatic rings. The second-order valence-electron chi connectivity index (χ2n) is 6.82. The van der Waals surface area contributed by atoms with Gasteiger partial charge in [0, 0.05) is 11.6 Å². The van der Waals surface area contributed by atoms with Crippen LogP contribution >= 0.6 is 11.6 Å². The molecule has 0 radical (unpaired) electrons. The molecule has 0 saturated carbocycles. The largest absolute Gasteiger partial charge is 0.283 e. The van der Waals surface area contributed by atoms with E-state index in [4.69, 9.17) is 11.6 Å². The quantitative estimate of drug-likeness (QED) is 0.707. The summed E-state index contributed by atoms with van der Waals surface area (Å²) in [6.07, 6.45) is 2.05. The van der Waals surface area contributed by atoms with E-state index < -0.39 is 20.0 Å². The lowest BCUT2D eigenvalue weighted by Gasteiger charge is -2.31. The Balaban J connectivity index is 1.85. The molecule has 0 aliphatic carbocycles. The predicted molar refractivity (Wildman–Crippen MR) is 114 cm³/mol. The highest BCUT2D eigenvalue weighted by atomic mass is 35.5. The molecule has 0 aromatic heterocycles. The van der Waals surface area contributed by atoms with E-state index in [1.165, 1.54) is 4.31 Å². The number of anilines is 2. The number of hydrogen-bond acceptors (Lipinski definition) is 4. The molecule has 9 heteroatoms. The SMILES string of the molecule is CCCS(=O)(=O)N1CCCc2ccc(NS(=O)(=O)Cc3ccc(Cl)cc3)cc21. The van der Waals surface area contributed by atoms with Gasteiger partial charge in [-0.1, -0.05) is 36.7 Å². The van der Waals surface area contributed by atoms with Gasteiger partial charge in [0.25, 0.3) is 0 Å². The van der Waals surface area contributed by atoms with Gasteiger partial charge in [-0.05, 0) is 54.7 Å². The molecule has 1 N–H and O–H groups in total. The highest BCUT2D eigenvalue weighted by Gasteiger charge is 2.27. The summed E-state index contributed by atoms with van der Waals surface area (Å²) in [4.78, 5) is 0. The van der Waals surface area contributed by atoms with E-state index in [1.54, 1.807) is 42.5 Å². The molecule has 0 unspecified atom stereocenters. The number of aryl methyl sites for hydroxylation is 1. The van der Waals surface area contributed by atoms with Crippen molar-refractivity contribution < 1.29 is 16.8 Å². The smallest absolute Gasteiger partial charge is 0.236 e. The zero-order valence-corrected chi connectivity index (χ0v) is 17.9. The summed E-state index contributed by atoms with van der Waals surface area (Å²) in [7, 11) is -7.07. The third kappa shape index (κ3) is 4.98. The number of fused-ring (bicyclic) bond motifs is 1. The highest BCUT2D eigenvalue weighted by Crippen LogP contribution is 2.32. The molecule has 28 heavy (non-hydrogen) atoms. The molecule has 152 valence electrons. The maximum Gasteiger partial charge on any atom is 0.236 e. The third-order valence-electron chi connectivity index (χ3n) is 4.50. The van der Waals surface area contributed by atoms with Gasteiger partial charge in [-0.15, -0.1) is 0 Å². The summed E-state index contributed by atoms with van der Waals surface area (Å²) < 4.78 is 54.2. The first kappa shape index (κ1) is 21.0. The maximum atomic E-state index is 12.6. The Bertz CT molecular complexity index is 1050. The van der Waals surface area contributed by atoms with E-state index in [0.717, 1.165) is 18.4 Å². The van der Waals surface area contributed by atoms with Crippen LogP contribution in [0.3, 0.4) is 0 Å². The average Bonchev–Trinajstić information content (AvgIpc) is 2.62. The van der Waals surface area contributed by atoms with Crippen molar-refractivity contribution in [3.05, 3.63) is 58.6 Å². The van der Waals surface area contributed by atoms with Crippen LogP contribution in [0.1, 0.15) is 30.9 Å². The van der Waals surface area contributed by atoms with Gasteiger partial charge in [0.2, 0.25) is 20.0 Å². The van der Waals surface area contributed by atoms with Crippen molar-refractivity contribution in [3.8, 4) is 0 Å². The van der Waals surface area contributed by atoms with Crippen LogP contribution in [0.4, 0.5) is 11.4 Å². The number of benzene rings is 2. The van der Waals surface area contributed by atoms with Crippen molar-refractivity contribution in [1.29, 1.82) is 0 Å². The Morgan fingerprint density at radius 3 is 2.46 bits per heavy atom. The first-order valence-corrected chi connectivity index (χ1v) is 12.7. The Kier molecular flexibility index (Phi) is 6.21. The van der Waals surface area contributed by atoms with E-state index in [9.17, 15) is 16.8 Å². The van der Waals surface area contributed by atoms with Crippen molar-refractivity contribution >= 4 is 43.0 Å². The summed E-state index contributed by atoms with van der Waals surface area (Å²) in [6.45, 7) is 2.24. The molecule has 0 saturated heterocycles. The lowest BCUT2D eigenvalue weighted by Crippen LogP contribution is -2.37. The van der Waals surface area contributed by atoms with Crippen molar-refractivity contribution in [2.45, 2.75) is 31.9 Å². The van der Waals surface area contributed by atoms with E-state index in [2.05, 4.69) is 4.72 Å². The standard InChI is InChI=1S/C19H23ClN2O4S2/c1-2-12-28(25,26)22-11-3-4-16-7-10-18(13-19(16)22)21-27(23,24)14-15-5-8-17(20)9-6-15/h5-10,13,21H,2-4,11-12,14H2,1H3. The molecule has 1 heterocycles. The van der Waals surface area contributed by atoms with Gasteiger partial charge in [0.15, 0.2) is 0 Å². The number of nitrogens with one attached hydrogen (secondary N) is 1. The lowest BCUT2D eigenvalue weighted by molar-refractivity contribution is 0.585. The Morgan fingerprint density at radius 1 is 1.07 bits per heavy atom. The van der Waals surface area contributed by atoms with Gasteiger partial charge in [0.05, 0.1) is 22.9 Å². The topological polar surface area (TPSA) is 83.6 Å². The minimum Gasteiger partial charge on any atom is -0.283 e. The van der Waals surface area contributed by atoms with Gasteiger partial charge >= 0.3 is 0 Å². The predicted octanol–water partition coefficient (Wildman–Crippen LogP) is 3.77. The lowest BCUT2D eigenvalue weighted by atomic mass is 10.0. The second-order valence-corrected chi connectivity index (χ2v) is 11.0. The van der Waals surface area contributed by atoms with Crippen LogP contribution in [0.5, 0.6) is 0 Å². The maximum absolute atomic E-state index is 12.6. The van der Waals surface area contributed by atoms with Crippen LogP contribution in [-0.4, -0.2) is 29.1 Å². The fourth-order valence-corrected chi connectivity index (χ4v) is 6.21. The molecule has 6 nitrogen and oxygen atoms in total. The molecule has 2 aromatic carbocycles. The Hall–Kier alpha value is -1.77. The molecule has 3 rings (SSSR count). The van der Waals surface area contributed by atoms with E-state index in [1.807, 2.05) is 6.92 Å². The first-order valence-electron chi connectivity index (χ1n) is 9.08. The van der Waals surface area contributed by atoms with Gasteiger partial charge in [-0.2, -0.15) is 0 Å². The van der Waals surface area contributed by atoms with E-state index >= 15 is 0 Å². The van der Waals surface area contributed by atoms with E-state index in [0.29, 0.717) is 34.9 Å². The summed E-state index contributed by atoms with van der Waals surface area (Å²) in [5.74, 6) is -0.127. The molecule has 1 aliphatic heterocycles. The van der Waals surface area contributed by atoms with Gasteiger partial charge in [-0.25, -0.2) is 16.8 Å². The van der Waals surface area contributed by atoms with Crippen LogP contribution in [0, 0.1) is 0 Å². The highest BCUT2D eigenvalue weighted by molar-refractivity contribution is 7.92. The van der Waals surface area contributed by atoms with Crippen LogP contribution in [-0.2, 0) is 32.2 Å². The number of nitrogens with zero attached hydrogens (tertiary/aromatic N) is 1. The zero-order valence-electron chi connectivity index (χ0n) is 15.6.